The lowest BCUT2D eigenvalue weighted by atomic mass is 10.1. The van der Waals surface area contributed by atoms with Crippen molar-refractivity contribution in [1.82, 2.24) is 15.1 Å². The molecule has 0 bridgehead atoms. The van der Waals surface area contributed by atoms with Crippen molar-refractivity contribution in [2.45, 2.75) is 31.7 Å². The number of rotatable bonds is 2. The first-order chi connectivity index (χ1) is 8.33. The summed E-state index contributed by atoms with van der Waals surface area (Å²) in [5, 5.41) is 8.31. The highest BCUT2D eigenvalue weighted by molar-refractivity contribution is 9.09. The third kappa shape index (κ3) is 3.03. The maximum absolute atomic E-state index is 12.4. The fourth-order valence-electron chi connectivity index (χ4n) is 2.19. The van der Waals surface area contributed by atoms with Crippen LogP contribution in [0.3, 0.4) is 0 Å². The first kappa shape index (κ1) is 12.5. The zero-order valence-electron chi connectivity index (χ0n) is 9.68. The molecule has 0 aliphatic carbocycles. The highest BCUT2D eigenvalue weighted by Crippen LogP contribution is 2.20. The molecule has 0 spiro atoms. The van der Waals surface area contributed by atoms with Crippen LogP contribution in [0.25, 0.3) is 0 Å². The zero-order valence-corrected chi connectivity index (χ0v) is 11.3. The monoisotopic (exact) mass is 297 g/mol. The van der Waals surface area contributed by atoms with Gasteiger partial charge in [0.15, 0.2) is 0 Å². The van der Waals surface area contributed by atoms with E-state index in [1.165, 1.54) is 12.8 Å². The van der Waals surface area contributed by atoms with Gasteiger partial charge in [-0.05, 0) is 18.9 Å². The second-order valence-electron chi connectivity index (χ2n) is 4.29. The molecule has 4 nitrogen and oxygen atoms in total. The summed E-state index contributed by atoms with van der Waals surface area (Å²) in [5.41, 5.74) is 0.632. The van der Waals surface area contributed by atoms with Crippen LogP contribution in [0.4, 0.5) is 0 Å². The lowest BCUT2D eigenvalue weighted by molar-refractivity contribution is 0.0701. The van der Waals surface area contributed by atoms with Crippen LogP contribution < -0.4 is 0 Å². The molecule has 0 radical (unpaired) electrons. The molecule has 1 aromatic rings. The van der Waals surface area contributed by atoms with Crippen LogP contribution in [0.2, 0.25) is 0 Å². The maximum Gasteiger partial charge on any atom is 0.255 e. The molecule has 0 saturated carbocycles. The Morgan fingerprint density at radius 3 is 3.00 bits per heavy atom. The Balaban J connectivity index is 2.16. The van der Waals surface area contributed by atoms with Gasteiger partial charge in [0.2, 0.25) is 0 Å². The van der Waals surface area contributed by atoms with Crippen molar-refractivity contribution < 1.29 is 4.79 Å². The van der Waals surface area contributed by atoms with E-state index in [4.69, 9.17) is 0 Å². The predicted octanol–water partition coefficient (Wildman–Crippen LogP) is 2.26. The summed E-state index contributed by atoms with van der Waals surface area (Å²) in [4.78, 5) is 14.3. The molecule has 17 heavy (non-hydrogen) atoms. The van der Waals surface area contributed by atoms with Crippen LogP contribution in [0.15, 0.2) is 18.5 Å². The van der Waals surface area contributed by atoms with Gasteiger partial charge in [0, 0.05) is 17.9 Å². The standard InChI is InChI=1S/C12H16BrN3O/c13-8-11-4-2-1-3-7-16(11)12(17)10-5-6-14-15-9-10/h5-6,9,11H,1-4,7-8H2. The Morgan fingerprint density at radius 1 is 1.41 bits per heavy atom. The van der Waals surface area contributed by atoms with Gasteiger partial charge in [-0.1, -0.05) is 28.8 Å². The van der Waals surface area contributed by atoms with Gasteiger partial charge >= 0.3 is 0 Å². The first-order valence-corrected chi connectivity index (χ1v) is 7.08. The Bertz CT molecular complexity index is 371. The van der Waals surface area contributed by atoms with Gasteiger partial charge in [-0.25, -0.2) is 0 Å². The van der Waals surface area contributed by atoms with E-state index in [0.29, 0.717) is 11.6 Å². The normalized spacial score (nSPS) is 21.0. The van der Waals surface area contributed by atoms with Crippen LogP contribution in [0.5, 0.6) is 0 Å². The van der Waals surface area contributed by atoms with E-state index in [-0.39, 0.29) is 5.91 Å². The van der Waals surface area contributed by atoms with E-state index in [9.17, 15) is 4.79 Å². The average Bonchev–Trinajstić information content (AvgIpc) is 2.64. The minimum absolute atomic E-state index is 0.0752. The highest BCUT2D eigenvalue weighted by Gasteiger charge is 2.25. The van der Waals surface area contributed by atoms with Gasteiger partial charge in [0.1, 0.15) is 0 Å². The van der Waals surface area contributed by atoms with Crippen molar-refractivity contribution >= 4 is 21.8 Å². The molecule has 0 aromatic carbocycles. The number of carbonyl (C=O) groups is 1. The highest BCUT2D eigenvalue weighted by atomic mass is 79.9. The molecule has 1 aromatic heterocycles. The summed E-state index contributed by atoms with van der Waals surface area (Å²) in [5.74, 6) is 0.0752. The number of amides is 1. The summed E-state index contributed by atoms with van der Waals surface area (Å²) in [6.07, 6.45) is 7.69. The quantitative estimate of drug-likeness (QED) is 0.787. The fourth-order valence-corrected chi connectivity index (χ4v) is 2.86. The first-order valence-electron chi connectivity index (χ1n) is 5.96. The van der Waals surface area contributed by atoms with E-state index in [1.54, 1.807) is 18.5 Å². The molecule has 2 heterocycles. The van der Waals surface area contributed by atoms with Crippen molar-refractivity contribution in [3.63, 3.8) is 0 Å². The van der Waals surface area contributed by atoms with Gasteiger partial charge in [0.25, 0.3) is 5.91 Å². The largest absolute Gasteiger partial charge is 0.335 e. The molecule has 2 rings (SSSR count). The van der Waals surface area contributed by atoms with Crippen LogP contribution in [-0.2, 0) is 0 Å². The number of nitrogens with zero attached hydrogens (tertiary/aromatic N) is 3. The zero-order chi connectivity index (χ0) is 12.1. The van der Waals surface area contributed by atoms with Gasteiger partial charge in [0.05, 0.1) is 18.0 Å². The van der Waals surface area contributed by atoms with Crippen molar-refractivity contribution in [3.8, 4) is 0 Å². The van der Waals surface area contributed by atoms with Gasteiger partial charge in [-0.3, -0.25) is 4.79 Å². The van der Waals surface area contributed by atoms with Crippen molar-refractivity contribution in [2.24, 2.45) is 0 Å². The topological polar surface area (TPSA) is 46.1 Å². The Labute approximate surface area is 110 Å². The SMILES string of the molecule is O=C(c1ccnnc1)N1CCCCCC1CBr. The molecular weight excluding hydrogens is 282 g/mol. The van der Waals surface area contributed by atoms with Crippen LogP contribution in [-0.4, -0.2) is 38.9 Å². The minimum atomic E-state index is 0.0752. The number of halogens is 1. The van der Waals surface area contributed by atoms with Gasteiger partial charge in [-0.15, -0.1) is 0 Å². The van der Waals surface area contributed by atoms with Gasteiger partial charge < -0.3 is 4.90 Å². The van der Waals surface area contributed by atoms with E-state index in [0.717, 1.165) is 24.7 Å². The third-order valence-corrected chi connectivity index (χ3v) is 3.89. The lowest BCUT2D eigenvalue weighted by Gasteiger charge is -2.28. The summed E-state index contributed by atoms with van der Waals surface area (Å²) < 4.78 is 0. The van der Waals surface area contributed by atoms with Crippen LogP contribution in [0, 0.1) is 0 Å². The molecule has 92 valence electrons. The summed E-state index contributed by atoms with van der Waals surface area (Å²) in [7, 11) is 0. The molecule has 1 aliphatic heterocycles. The summed E-state index contributed by atoms with van der Waals surface area (Å²) >= 11 is 3.51. The van der Waals surface area contributed by atoms with E-state index >= 15 is 0 Å². The number of aromatic nitrogens is 2. The molecule has 1 saturated heterocycles. The number of carbonyl (C=O) groups excluding carboxylic acids is 1. The molecular formula is C12H16BrN3O. The molecule has 0 N–H and O–H groups in total. The Morgan fingerprint density at radius 2 is 2.29 bits per heavy atom. The van der Waals surface area contributed by atoms with Crippen LogP contribution in [0.1, 0.15) is 36.0 Å². The molecule has 1 fully saturated rings. The van der Waals surface area contributed by atoms with Crippen molar-refractivity contribution in [2.75, 3.05) is 11.9 Å². The molecule has 1 unspecified atom stereocenters. The maximum atomic E-state index is 12.4. The molecule has 1 aliphatic rings. The molecule has 1 atom stereocenters. The van der Waals surface area contributed by atoms with E-state index in [1.807, 2.05) is 4.90 Å². The Hall–Kier alpha value is -0.970. The van der Waals surface area contributed by atoms with Crippen molar-refractivity contribution in [1.29, 1.82) is 0 Å². The summed E-state index contributed by atoms with van der Waals surface area (Å²) in [6, 6.07) is 2.03. The van der Waals surface area contributed by atoms with Crippen LogP contribution >= 0.6 is 15.9 Å². The second-order valence-corrected chi connectivity index (χ2v) is 4.93. The van der Waals surface area contributed by atoms with Crippen molar-refractivity contribution in [3.05, 3.63) is 24.0 Å². The average molecular weight is 298 g/mol. The number of alkyl halides is 1. The predicted molar refractivity (Wildman–Crippen MR) is 69.1 cm³/mol. The fraction of sp³-hybridized carbons (Fsp3) is 0.583. The minimum Gasteiger partial charge on any atom is -0.335 e. The number of hydrogen-bond acceptors (Lipinski definition) is 3. The smallest absolute Gasteiger partial charge is 0.255 e. The van der Waals surface area contributed by atoms with E-state index < -0.39 is 0 Å². The summed E-state index contributed by atoms with van der Waals surface area (Å²) in [6.45, 7) is 0.845. The van der Waals surface area contributed by atoms with E-state index in [2.05, 4.69) is 26.1 Å². The number of hydrogen-bond donors (Lipinski definition) is 0. The number of likely N-dealkylation sites (tertiary alicyclic amines) is 1. The Kier molecular flexibility index (Phi) is 4.48. The van der Waals surface area contributed by atoms with Gasteiger partial charge in [-0.2, -0.15) is 10.2 Å². The lowest BCUT2D eigenvalue weighted by Crippen LogP contribution is -2.41. The molecule has 1 amide bonds. The third-order valence-electron chi connectivity index (χ3n) is 3.15. The second kappa shape index (κ2) is 6.10. The molecule has 5 heteroatoms.